The van der Waals surface area contributed by atoms with Gasteiger partial charge < -0.3 is 30.7 Å². The molecule has 0 spiro atoms. The molecule has 2 amide bonds. The largest absolute Gasteiger partial charge is 0.457 e. The molecule has 12 nitrogen and oxygen atoms in total. The van der Waals surface area contributed by atoms with E-state index in [0.29, 0.717) is 48.3 Å². The van der Waals surface area contributed by atoms with E-state index in [2.05, 4.69) is 64.9 Å². The Kier molecular flexibility index (Phi) is 13.5. The molecule has 2 saturated heterocycles. The first-order chi connectivity index (χ1) is 32.8. The van der Waals surface area contributed by atoms with Crippen molar-refractivity contribution in [2.75, 3.05) is 23.7 Å². The molecule has 6 aromatic carbocycles. The van der Waals surface area contributed by atoms with Gasteiger partial charge in [0.2, 0.25) is 11.8 Å². The van der Waals surface area contributed by atoms with Gasteiger partial charge in [0.1, 0.15) is 47.3 Å². The number of anilines is 4. The van der Waals surface area contributed by atoms with Crippen LogP contribution >= 0.6 is 11.6 Å². The van der Waals surface area contributed by atoms with Gasteiger partial charge in [-0.3, -0.25) is 9.59 Å². The summed E-state index contributed by atoms with van der Waals surface area (Å²) < 4.78 is 11.8. The number of halogens is 1. The zero-order valence-corrected chi connectivity index (χ0v) is 37.1. The van der Waals surface area contributed by atoms with Crippen LogP contribution in [0.5, 0.6) is 23.0 Å². The van der Waals surface area contributed by atoms with Crippen molar-refractivity contribution >= 4 is 68.2 Å². The Bertz CT molecular complexity index is 3230. The van der Waals surface area contributed by atoms with Crippen molar-refractivity contribution in [3.05, 3.63) is 168 Å². The first kappa shape index (κ1) is 43.8. The molecule has 4 heterocycles. The van der Waals surface area contributed by atoms with Gasteiger partial charge in [-0.15, -0.1) is 0 Å². The fourth-order valence-corrected chi connectivity index (χ4v) is 7.63. The highest BCUT2D eigenvalue weighted by Gasteiger charge is 2.19. The van der Waals surface area contributed by atoms with E-state index in [-0.39, 0.29) is 23.7 Å². The number of hydrogen-bond acceptors (Lipinski definition) is 10. The first-order valence-electron chi connectivity index (χ1n) is 21.7. The summed E-state index contributed by atoms with van der Waals surface area (Å²) in [5.74, 6) is 17.5. The van der Waals surface area contributed by atoms with Crippen molar-refractivity contribution in [3.8, 4) is 46.7 Å². The maximum absolute atomic E-state index is 11.4. The third-order valence-electron chi connectivity index (χ3n) is 10.9. The Morgan fingerprint density at radius 3 is 1.67 bits per heavy atom. The molecule has 67 heavy (non-hydrogen) atoms. The Balaban J connectivity index is 0.000000168. The van der Waals surface area contributed by atoms with Crippen LogP contribution < -0.4 is 30.7 Å². The zero-order valence-electron chi connectivity index (χ0n) is 36.3. The number of carbonyl (C=O) groups is 2. The van der Waals surface area contributed by atoms with Crippen LogP contribution in [-0.4, -0.2) is 44.8 Å². The predicted octanol–water partition coefficient (Wildman–Crippen LogP) is 10.7. The fourth-order valence-electron chi connectivity index (χ4n) is 7.41. The van der Waals surface area contributed by atoms with Crippen LogP contribution in [0, 0.1) is 42.4 Å². The average Bonchev–Trinajstić information content (AvgIpc) is 3.78. The summed E-state index contributed by atoms with van der Waals surface area (Å²) in [5.41, 5.74) is 6.06. The van der Waals surface area contributed by atoms with Gasteiger partial charge in [0, 0.05) is 71.0 Å². The molecule has 2 unspecified atom stereocenters. The maximum Gasteiger partial charge on any atom is 0.221 e. The minimum Gasteiger partial charge on any atom is -0.457 e. The topological polar surface area (TPSA) is 152 Å². The highest BCUT2D eigenvalue weighted by molar-refractivity contribution is 6.32. The molecule has 2 fully saturated rings. The monoisotopic (exact) mass is 902 g/mol. The number of nitrogens with zero attached hydrogens (tertiary/aromatic N) is 4. The number of ether oxygens (including phenoxy) is 2. The van der Waals surface area contributed by atoms with E-state index < -0.39 is 0 Å². The molecule has 0 aliphatic carbocycles. The quantitative estimate of drug-likeness (QED) is 0.108. The van der Waals surface area contributed by atoms with Gasteiger partial charge in [-0.05, 0) is 116 Å². The molecule has 330 valence electrons. The standard InChI is InChI=1S/C27H21ClN4O2.C27H22N4O2/c28-23-15-20(10-12-25(23)34-21-4-2-1-3-5-21)32-27-22-14-18(8-11-24(22)30-17-31-27)6-7-19-9-13-26(33)29-16-19;1-18-13-21(10-12-25(18)33-22-5-3-2-4-6-22)31-27-23-14-19(9-11-24(23)29-17-30-27)7-8-20-15-26(32)28-16-20/h1-5,8,10-12,14-15,17,19H,9,13,16H2,(H,29,33)(H,30,31,32);2-6,9-14,17,20H,15-16H2,1H3,(H,28,32)(H,29,30,31). The lowest BCUT2D eigenvalue weighted by molar-refractivity contribution is -0.122. The third-order valence-corrected chi connectivity index (χ3v) is 11.2. The van der Waals surface area contributed by atoms with E-state index >= 15 is 0 Å². The lowest BCUT2D eigenvalue weighted by atomic mass is 9.99. The summed E-state index contributed by atoms with van der Waals surface area (Å²) in [6.45, 7) is 3.22. The van der Waals surface area contributed by atoms with Crippen LogP contribution in [0.4, 0.5) is 23.0 Å². The van der Waals surface area contributed by atoms with Crippen LogP contribution in [0.25, 0.3) is 21.8 Å². The number of carbonyl (C=O) groups excluding carboxylic acids is 2. The van der Waals surface area contributed by atoms with Crippen LogP contribution in [0.3, 0.4) is 0 Å². The van der Waals surface area contributed by atoms with Crippen LogP contribution in [0.2, 0.25) is 5.02 Å². The number of benzene rings is 6. The Hall–Kier alpha value is -8.45. The molecule has 13 heteroatoms. The van der Waals surface area contributed by atoms with Crippen molar-refractivity contribution in [3.63, 3.8) is 0 Å². The number of amides is 2. The summed E-state index contributed by atoms with van der Waals surface area (Å²) in [7, 11) is 0. The lowest BCUT2D eigenvalue weighted by Crippen LogP contribution is -2.34. The number of para-hydroxylation sites is 2. The molecule has 2 aromatic heterocycles. The van der Waals surface area contributed by atoms with Crippen molar-refractivity contribution in [1.82, 2.24) is 30.6 Å². The lowest BCUT2D eigenvalue weighted by Gasteiger charge is -2.17. The summed E-state index contributed by atoms with van der Waals surface area (Å²) in [5, 5.41) is 14.6. The van der Waals surface area contributed by atoms with E-state index in [1.807, 2.05) is 134 Å². The van der Waals surface area contributed by atoms with E-state index in [1.165, 1.54) is 6.33 Å². The molecule has 0 saturated carbocycles. The van der Waals surface area contributed by atoms with Crippen LogP contribution in [0.15, 0.2) is 146 Å². The van der Waals surface area contributed by atoms with Crippen molar-refractivity contribution in [2.45, 2.75) is 26.2 Å². The van der Waals surface area contributed by atoms with Gasteiger partial charge >= 0.3 is 0 Å². The summed E-state index contributed by atoms with van der Waals surface area (Å²) in [6, 6.07) is 42.4. The van der Waals surface area contributed by atoms with Gasteiger partial charge in [-0.25, -0.2) is 19.9 Å². The summed E-state index contributed by atoms with van der Waals surface area (Å²) in [4.78, 5) is 40.4. The van der Waals surface area contributed by atoms with Crippen molar-refractivity contribution < 1.29 is 19.1 Å². The SMILES string of the molecule is Cc1cc(Nc2ncnc3ccc(C#CC4CNC(=O)C4)cc23)ccc1Oc1ccccc1.O=C1CCC(C#Cc2ccc3ncnc(Nc4ccc(Oc5ccccc5)c(Cl)c4)c3c2)CN1. The average molecular weight is 903 g/mol. The molecule has 0 radical (unpaired) electrons. The summed E-state index contributed by atoms with van der Waals surface area (Å²) in [6.07, 6.45) is 4.84. The second kappa shape index (κ2) is 20.6. The number of aromatic nitrogens is 4. The van der Waals surface area contributed by atoms with E-state index in [0.717, 1.165) is 73.5 Å². The normalized spacial score (nSPS) is 15.1. The second-order valence-corrected chi connectivity index (χ2v) is 16.3. The molecule has 8 aromatic rings. The molecular weight excluding hydrogens is 860 g/mol. The molecule has 0 bridgehead atoms. The molecule has 2 aliphatic rings. The predicted molar refractivity (Wildman–Crippen MR) is 262 cm³/mol. The van der Waals surface area contributed by atoms with Gasteiger partial charge in [0.15, 0.2) is 0 Å². The number of hydrogen-bond donors (Lipinski definition) is 4. The number of rotatable bonds is 8. The number of nitrogens with one attached hydrogen (secondary N) is 4. The smallest absolute Gasteiger partial charge is 0.221 e. The molecular formula is C54H43ClN8O4. The Morgan fingerprint density at radius 2 is 1.13 bits per heavy atom. The van der Waals surface area contributed by atoms with E-state index in [9.17, 15) is 9.59 Å². The van der Waals surface area contributed by atoms with Gasteiger partial charge in [0.25, 0.3) is 0 Å². The van der Waals surface area contributed by atoms with Crippen molar-refractivity contribution in [1.29, 1.82) is 0 Å². The van der Waals surface area contributed by atoms with Crippen LogP contribution in [-0.2, 0) is 9.59 Å². The van der Waals surface area contributed by atoms with E-state index in [1.54, 1.807) is 12.4 Å². The van der Waals surface area contributed by atoms with E-state index in [4.69, 9.17) is 21.1 Å². The Morgan fingerprint density at radius 1 is 0.597 bits per heavy atom. The number of fused-ring (bicyclic) bond motifs is 2. The minimum atomic E-state index is 0.0532. The zero-order chi connectivity index (χ0) is 46.0. The van der Waals surface area contributed by atoms with Gasteiger partial charge in [0.05, 0.1) is 16.1 Å². The number of aryl methyl sites for hydroxylation is 1. The first-order valence-corrected chi connectivity index (χ1v) is 22.1. The summed E-state index contributed by atoms with van der Waals surface area (Å²) >= 11 is 6.47. The minimum absolute atomic E-state index is 0.0532. The highest BCUT2D eigenvalue weighted by Crippen LogP contribution is 2.34. The highest BCUT2D eigenvalue weighted by atomic mass is 35.5. The van der Waals surface area contributed by atoms with Crippen molar-refractivity contribution in [2.24, 2.45) is 11.8 Å². The van der Waals surface area contributed by atoms with Crippen LogP contribution in [0.1, 0.15) is 36.0 Å². The van der Waals surface area contributed by atoms with Gasteiger partial charge in [-0.2, -0.15) is 0 Å². The Labute approximate surface area is 392 Å². The molecule has 2 atom stereocenters. The number of piperidine rings is 1. The third kappa shape index (κ3) is 11.4. The maximum atomic E-state index is 11.4. The second-order valence-electron chi connectivity index (χ2n) is 15.9. The molecule has 4 N–H and O–H groups in total. The molecule has 10 rings (SSSR count). The van der Waals surface area contributed by atoms with Gasteiger partial charge in [-0.1, -0.05) is 71.7 Å². The fraction of sp³-hybridized carbons (Fsp3) is 0.148. The molecule has 2 aliphatic heterocycles.